The van der Waals surface area contributed by atoms with Crippen molar-refractivity contribution in [3.8, 4) is 0 Å². The minimum absolute atomic E-state index is 0.110. The molecule has 1 saturated heterocycles. The molecule has 0 radical (unpaired) electrons. The quantitative estimate of drug-likeness (QED) is 0.892. The highest BCUT2D eigenvalue weighted by Gasteiger charge is 2.37. The Morgan fingerprint density at radius 3 is 2.79 bits per heavy atom. The van der Waals surface area contributed by atoms with Crippen molar-refractivity contribution >= 4 is 21.6 Å². The molecule has 1 aliphatic rings. The Balaban J connectivity index is 2.13. The van der Waals surface area contributed by atoms with Gasteiger partial charge in [0.15, 0.2) is 0 Å². The standard InChI is InChI=1S/C14H21BrFN3/c1-10(2)19-6-5-14(8-17,9-19)18-11-3-4-13(16)12(15)7-11/h3-4,7,10,18H,5-6,8-9,17H2,1-2H3. The highest BCUT2D eigenvalue weighted by molar-refractivity contribution is 9.10. The predicted molar refractivity (Wildman–Crippen MR) is 80.8 cm³/mol. The molecule has 1 heterocycles. The second-order valence-corrected chi connectivity index (χ2v) is 6.41. The van der Waals surface area contributed by atoms with Gasteiger partial charge < -0.3 is 11.1 Å². The summed E-state index contributed by atoms with van der Waals surface area (Å²) in [6, 6.07) is 5.52. The van der Waals surface area contributed by atoms with E-state index in [1.807, 2.05) is 0 Å². The first-order chi connectivity index (χ1) is 8.96. The van der Waals surface area contributed by atoms with E-state index in [9.17, 15) is 4.39 Å². The van der Waals surface area contributed by atoms with Crippen LogP contribution in [0, 0.1) is 5.82 Å². The molecular weight excluding hydrogens is 309 g/mol. The molecule has 0 saturated carbocycles. The fourth-order valence-corrected chi connectivity index (χ4v) is 2.92. The van der Waals surface area contributed by atoms with Crippen LogP contribution < -0.4 is 11.1 Å². The largest absolute Gasteiger partial charge is 0.377 e. The first kappa shape index (κ1) is 14.8. The number of rotatable bonds is 4. The molecule has 0 aromatic heterocycles. The second-order valence-electron chi connectivity index (χ2n) is 5.55. The topological polar surface area (TPSA) is 41.3 Å². The van der Waals surface area contributed by atoms with E-state index in [0.29, 0.717) is 17.1 Å². The summed E-state index contributed by atoms with van der Waals surface area (Å²) in [5.41, 5.74) is 6.77. The summed E-state index contributed by atoms with van der Waals surface area (Å²) in [5, 5.41) is 3.49. The maximum atomic E-state index is 13.2. The molecule has 1 fully saturated rings. The van der Waals surface area contributed by atoms with Crippen LogP contribution in [0.15, 0.2) is 22.7 Å². The van der Waals surface area contributed by atoms with E-state index in [1.165, 1.54) is 6.07 Å². The number of hydrogen-bond donors (Lipinski definition) is 2. The van der Waals surface area contributed by atoms with Gasteiger partial charge in [0, 0.05) is 31.4 Å². The molecule has 1 atom stereocenters. The maximum absolute atomic E-state index is 13.2. The summed E-state index contributed by atoms with van der Waals surface area (Å²) < 4.78 is 13.7. The summed E-state index contributed by atoms with van der Waals surface area (Å²) in [6.45, 7) is 6.94. The average Bonchev–Trinajstić information content (AvgIpc) is 2.79. The Labute approximate surface area is 122 Å². The highest BCUT2D eigenvalue weighted by Crippen LogP contribution is 2.28. The first-order valence-electron chi connectivity index (χ1n) is 6.63. The molecule has 2 rings (SSSR count). The summed E-state index contributed by atoms with van der Waals surface area (Å²) in [6.07, 6.45) is 1.01. The highest BCUT2D eigenvalue weighted by atomic mass is 79.9. The molecule has 19 heavy (non-hydrogen) atoms. The molecule has 0 bridgehead atoms. The van der Waals surface area contributed by atoms with E-state index >= 15 is 0 Å². The number of nitrogens with one attached hydrogen (secondary N) is 1. The molecule has 3 N–H and O–H groups in total. The predicted octanol–water partition coefficient (Wildman–Crippen LogP) is 2.81. The Kier molecular flexibility index (Phi) is 4.48. The van der Waals surface area contributed by atoms with Gasteiger partial charge in [0.05, 0.1) is 10.0 Å². The van der Waals surface area contributed by atoms with Crippen LogP contribution in [-0.2, 0) is 0 Å². The smallest absolute Gasteiger partial charge is 0.137 e. The SMILES string of the molecule is CC(C)N1CCC(CN)(Nc2ccc(F)c(Br)c2)C1. The number of benzene rings is 1. The van der Waals surface area contributed by atoms with Crippen molar-refractivity contribution in [2.24, 2.45) is 5.73 Å². The van der Waals surface area contributed by atoms with Crippen LogP contribution in [0.4, 0.5) is 10.1 Å². The fraction of sp³-hybridized carbons (Fsp3) is 0.571. The molecule has 1 aromatic rings. The van der Waals surface area contributed by atoms with Crippen molar-refractivity contribution < 1.29 is 4.39 Å². The molecule has 1 unspecified atom stereocenters. The van der Waals surface area contributed by atoms with Gasteiger partial charge in [0.25, 0.3) is 0 Å². The lowest BCUT2D eigenvalue weighted by Crippen LogP contribution is -2.48. The number of likely N-dealkylation sites (tertiary alicyclic amines) is 1. The van der Waals surface area contributed by atoms with E-state index in [4.69, 9.17) is 5.73 Å². The van der Waals surface area contributed by atoms with Crippen LogP contribution in [0.1, 0.15) is 20.3 Å². The molecule has 0 aliphatic carbocycles. The maximum Gasteiger partial charge on any atom is 0.137 e. The van der Waals surface area contributed by atoms with Crippen molar-refractivity contribution in [2.75, 3.05) is 25.0 Å². The third-order valence-electron chi connectivity index (χ3n) is 3.83. The van der Waals surface area contributed by atoms with Crippen LogP contribution in [-0.4, -0.2) is 36.1 Å². The van der Waals surface area contributed by atoms with Gasteiger partial charge in [-0.25, -0.2) is 4.39 Å². The lowest BCUT2D eigenvalue weighted by atomic mass is 9.98. The number of anilines is 1. The van der Waals surface area contributed by atoms with Crippen molar-refractivity contribution in [1.29, 1.82) is 0 Å². The van der Waals surface area contributed by atoms with Crippen molar-refractivity contribution in [2.45, 2.75) is 31.8 Å². The van der Waals surface area contributed by atoms with Crippen LogP contribution in [0.25, 0.3) is 0 Å². The number of hydrogen-bond acceptors (Lipinski definition) is 3. The van der Waals surface area contributed by atoms with Crippen molar-refractivity contribution in [3.63, 3.8) is 0 Å². The summed E-state index contributed by atoms with van der Waals surface area (Å²) in [4.78, 5) is 2.42. The monoisotopic (exact) mass is 329 g/mol. The molecule has 5 heteroatoms. The van der Waals surface area contributed by atoms with Gasteiger partial charge in [-0.3, -0.25) is 4.90 Å². The minimum Gasteiger partial charge on any atom is -0.377 e. The molecule has 0 amide bonds. The number of halogens is 2. The Hall–Kier alpha value is -0.650. The molecular formula is C14H21BrFN3. The third-order valence-corrected chi connectivity index (χ3v) is 4.44. The normalized spacial score (nSPS) is 24.1. The fourth-order valence-electron chi connectivity index (χ4n) is 2.55. The summed E-state index contributed by atoms with van der Waals surface area (Å²) in [7, 11) is 0. The average molecular weight is 330 g/mol. The number of nitrogens with zero attached hydrogens (tertiary/aromatic N) is 1. The Morgan fingerprint density at radius 1 is 1.53 bits per heavy atom. The minimum atomic E-state index is -0.248. The molecule has 1 aliphatic heterocycles. The van der Waals surface area contributed by atoms with Gasteiger partial charge in [-0.2, -0.15) is 0 Å². The summed E-state index contributed by atoms with van der Waals surface area (Å²) >= 11 is 3.21. The first-order valence-corrected chi connectivity index (χ1v) is 7.42. The third kappa shape index (κ3) is 3.27. The van der Waals surface area contributed by atoms with Gasteiger partial charge in [-0.15, -0.1) is 0 Å². The Morgan fingerprint density at radius 2 is 2.26 bits per heavy atom. The molecule has 0 spiro atoms. The Bertz CT molecular complexity index is 452. The van der Waals surface area contributed by atoms with E-state index in [0.717, 1.165) is 25.2 Å². The van der Waals surface area contributed by atoms with E-state index in [-0.39, 0.29) is 11.4 Å². The van der Waals surface area contributed by atoms with Crippen molar-refractivity contribution in [3.05, 3.63) is 28.5 Å². The molecule has 106 valence electrons. The van der Waals surface area contributed by atoms with E-state index < -0.39 is 0 Å². The van der Waals surface area contributed by atoms with Crippen LogP contribution in [0.3, 0.4) is 0 Å². The molecule has 3 nitrogen and oxygen atoms in total. The lowest BCUT2D eigenvalue weighted by Gasteiger charge is -2.31. The van der Waals surface area contributed by atoms with Crippen molar-refractivity contribution in [1.82, 2.24) is 4.90 Å². The van der Waals surface area contributed by atoms with Gasteiger partial charge in [-0.05, 0) is 54.4 Å². The van der Waals surface area contributed by atoms with Crippen LogP contribution in [0.2, 0.25) is 0 Å². The van der Waals surface area contributed by atoms with Gasteiger partial charge in [-0.1, -0.05) is 0 Å². The molecule has 1 aromatic carbocycles. The summed E-state index contributed by atoms with van der Waals surface area (Å²) in [5.74, 6) is -0.248. The zero-order valence-corrected chi connectivity index (χ0v) is 13.0. The van der Waals surface area contributed by atoms with E-state index in [1.54, 1.807) is 12.1 Å². The second kappa shape index (κ2) is 5.77. The lowest BCUT2D eigenvalue weighted by molar-refractivity contribution is 0.262. The van der Waals surface area contributed by atoms with Gasteiger partial charge in [0.1, 0.15) is 5.82 Å². The van der Waals surface area contributed by atoms with Gasteiger partial charge in [0.2, 0.25) is 0 Å². The van der Waals surface area contributed by atoms with Crippen LogP contribution >= 0.6 is 15.9 Å². The zero-order valence-electron chi connectivity index (χ0n) is 11.4. The van der Waals surface area contributed by atoms with E-state index in [2.05, 4.69) is 40.0 Å². The zero-order chi connectivity index (χ0) is 14.0. The van der Waals surface area contributed by atoms with Crippen LogP contribution in [0.5, 0.6) is 0 Å². The van der Waals surface area contributed by atoms with Gasteiger partial charge >= 0.3 is 0 Å². The number of nitrogens with two attached hydrogens (primary N) is 1.